The molecule has 120 valence electrons. The van der Waals surface area contributed by atoms with E-state index in [1.807, 2.05) is 11.3 Å². The summed E-state index contributed by atoms with van der Waals surface area (Å²) in [6.45, 7) is 0. The Morgan fingerprint density at radius 3 is 1.72 bits per heavy atom. The van der Waals surface area contributed by atoms with Crippen molar-refractivity contribution in [1.82, 2.24) is 0 Å². The Morgan fingerprint density at radius 2 is 1.08 bits per heavy atom. The van der Waals surface area contributed by atoms with Gasteiger partial charge in [-0.05, 0) is 29.3 Å². The van der Waals surface area contributed by atoms with Crippen LogP contribution >= 0.6 is 11.3 Å². The molecule has 0 spiro atoms. The summed E-state index contributed by atoms with van der Waals surface area (Å²) in [6, 6.07) is 36.6. The van der Waals surface area contributed by atoms with E-state index in [0.29, 0.717) is 0 Å². The Hall–Kier alpha value is -2.77. The minimum absolute atomic E-state index is 0.973. The summed E-state index contributed by atoms with van der Waals surface area (Å²) in [7, 11) is 0. The largest absolute Gasteiger partial charge is 0.246 e. The predicted octanol–water partition coefficient (Wildman–Crippen LogP) is 6.95. The molecule has 0 amide bonds. The summed E-state index contributed by atoms with van der Waals surface area (Å²) in [5.41, 5.74) is 5.20. The van der Waals surface area contributed by atoms with E-state index in [2.05, 4.69) is 103 Å². The van der Waals surface area contributed by atoms with Crippen LogP contribution in [-0.2, 0) is 6.42 Å². The van der Waals surface area contributed by atoms with Gasteiger partial charge < -0.3 is 0 Å². The molecule has 0 nitrogen and oxygen atoms in total. The molecule has 0 saturated heterocycles. The topological polar surface area (TPSA) is 0 Å². The van der Waals surface area contributed by atoms with Gasteiger partial charge >= 0.3 is 0 Å². The third-order valence-corrected chi connectivity index (χ3v) is 5.46. The van der Waals surface area contributed by atoms with Crippen molar-refractivity contribution >= 4 is 11.3 Å². The third kappa shape index (κ3) is 3.67. The minimum Gasteiger partial charge on any atom is -0.0622 e. The SMILES string of the molecule is c1ccc(Cc2ccc(-c3ccccc3)c(-c3ccccc3)[s+]2)cc1. The fourth-order valence-electron chi connectivity index (χ4n) is 3.01. The van der Waals surface area contributed by atoms with E-state index in [1.54, 1.807) is 0 Å². The molecule has 1 heterocycles. The summed E-state index contributed by atoms with van der Waals surface area (Å²) in [5, 5.41) is 0. The molecule has 3 aromatic carbocycles. The Kier molecular flexibility index (Phi) is 4.67. The van der Waals surface area contributed by atoms with Gasteiger partial charge in [-0.2, -0.15) is 0 Å². The highest BCUT2D eigenvalue weighted by atomic mass is 32.1. The molecule has 4 aromatic rings. The molecule has 0 N–H and O–H groups in total. The van der Waals surface area contributed by atoms with Crippen LogP contribution in [0.25, 0.3) is 21.6 Å². The van der Waals surface area contributed by atoms with Crippen LogP contribution in [0.2, 0.25) is 0 Å². The molecule has 0 atom stereocenters. The molecule has 0 radical (unpaired) electrons. The van der Waals surface area contributed by atoms with Gasteiger partial charge in [-0.1, -0.05) is 78.9 Å². The number of rotatable bonds is 4. The molecular weight excluding hydrogens is 320 g/mol. The molecule has 4 rings (SSSR count). The average molecular weight is 339 g/mol. The molecule has 1 aromatic heterocycles. The zero-order chi connectivity index (χ0) is 16.9. The molecule has 0 aliphatic carbocycles. The van der Waals surface area contributed by atoms with Gasteiger partial charge in [0, 0.05) is 17.2 Å². The highest BCUT2D eigenvalue weighted by Crippen LogP contribution is 2.37. The average Bonchev–Trinajstić information content (AvgIpc) is 2.70. The van der Waals surface area contributed by atoms with Gasteiger partial charge in [0.05, 0.1) is 6.42 Å². The summed E-state index contributed by atoms with van der Waals surface area (Å²) in [5.74, 6) is 0. The molecule has 0 unspecified atom stereocenters. The molecule has 0 bridgehead atoms. The second-order valence-corrected chi connectivity index (χ2v) is 7.18. The van der Waals surface area contributed by atoms with Crippen LogP contribution in [-0.4, -0.2) is 0 Å². The molecular formula is C24H19S+. The van der Waals surface area contributed by atoms with Gasteiger partial charge in [-0.15, -0.1) is 0 Å². The Morgan fingerprint density at radius 1 is 0.520 bits per heavy atom. The van der Waals surface area contributed by atoms with Crippen molar-refractivity contribution in [3.05, 3.63) is 114 Å². The lowest BCUT2D eigenvalue weighted by Gasteiger charge is -2.04. The van der Waals surface area contributed by atoms with Gasteiger partial charge in [0.2, 0.25) is 21.1 Å². The summed E-state index contributed by atoms with van der Waals surface area (Å²) < 4.78 is 0. The predicted molar refractivity (Wildman–Crippen MR) is 109 cm³/mol. The van der Waals surface area contributed by atoms with E-state index in [4.69, 9.17) is 0 Å². The van der Waals surface area contributed by atoms with Crippen LogP contribution in [0.5, 0.6) is 0 Å². The standard InChI is InChI=1S/C24H19S/c1-4-10-19(11-5-1)18-22-16-17-23(20-12-6-2-7-13-20)24(25-22)21-14-8-3-9-15-21/h1-17H,18H2/q+1. The smallest absolute Gasteiger partial charge is 0.0622 e. The molecule has 0 saturated carbocycles. The van der Waals surface area contributed by atoms with Crippen LogP contribution in [0.1, 0.15) is 10.4 Å². The first-order valence-corrected chi connectivity index (χ1v) is 9.32. The van der Waals surface area contributed by atoms with Crippen molar-refractivity contribution < 1.29 is 0 Å². The first-order valence-electron chi connectivity index (χ1n) is 8.51. The molecule has 0 aliphatic rings. The first kappa shape index (κ1) is 15.7. The summed E-state index contributed by atoms with van der Waals surface area (Å²) in [6.07, 6.45) is 0.973. The Bertz CT molecular complexity index is 945. The van der Waals surface area contributed by atoms with Gasteiger partial charge in [-0.25, -0.2) is 0 Å². The van der Waals surface area contributed by atoms with Crippen LogP contribution in [0.15, 0.2) is 103 Å². The fraction of sp³-hybridized carbons (Fsp3) is 0.0417. The maximum atomic E-state index is 2.27. The monoisotopic (exact) mass is 339 g/mol. The molecule has 0 aliphatic heterocycles. The van der Waals surface area contributed by atoms with Crippen molar-refractivity contribution in [2.45, 2.75) is 6.42 Å². The lowest BCUT2D eigenvalue weighted by atomic mass is 10.0. The van der Waals surface area contributed by atoms with Crippen LogP contribution in [0, 0.1) is 0 Å². The second-order valence-electron chi connectivity index (χ2n) is 6.04. The summed E-state index contributed by atoms with van der Waals surface area (Å²) in [4.78, 5) is 2.71. The van der Waals surface area contributed by atoms with E-state index >= 15 is 0 Å². The quantitative estimate of drug-likeness (QED) is 0.353. The zero-order valence-electron chi connectivity index (χ0n) is 13.9. The maximum Gasteiger partial charge on any atom is 0.246 e. The highest BCUT2D eigenvalue weighted by molar-refractivity contribution is 7.15. The van der Waals surface area contributed by atoms with E-state index in [1.165, 1.54) is 32.0 Å². The van der Waals surface area contributed by atoms with Crippen LogP contribution in [0.3, 0.4) is 0 Å². The van der Waals surface area contributed by atoms with Crippen LogP contribution in [0.4, 0.5) is 0 Å². The fourth-order valence-corrected chi connectivity index (χ4v) is 4.20. The van der Waals surface area contributed by atoms with E-state index in [-0.39, 0.29) is 0 Å². The number of benzene rings is 3. The highest BCUT2D eigenvalue weighted by Gasteiger charge is 2.20. The lowest BCUT2D eigenvalue weighted by molar-refractivity contribution is 1.24. The van der Waals surface area contributed by atoms with Gasteiger partial charge in [0.1, 0.15) is 0 Å². The molecule has 0 fully saturated rings. The van der Waals surface area contributed by atoms with Gasteiger partial charge in [-0.3, -0.25) is 0 Å². The third-order valence-electron chi connectivity index (χ3n) is 4.26. The number of hydrogen-bond donors (Lipinski definition) is 0. The number of hydrogen-bond acceptors (Lipinski definition) is 0. The van der Waals surface area contributed by atoms with E-state index < -0.39 is 0 Å². The Labute approximate surface area is 153 Å². The van der Waals surface area contributed by atoms with E-state index in [0.717, 1.165) is 6.42 Å². The first-order chi connectivity index (χ1) is 12.4. The van der Waals surface area contributed by atoms with Crippen molar-refractivity contribution in [3.8, 4) is 21.6 Å². The van der Waals surface area contributed by atoms with E-state index in [9.17, 15) is 0 Å². The lowest BCUT2D eigenvalue weighted by Crippen LogP contribution is -1.89. The van der Waals surface area contributed by atoms with Crippen LogP contribution < -0.4 is 0 Å². The zero-order valence-corrected chi connectivity index (χ0v) is 14.7. The van der Waals surface area contributed by atoms with Crippen molar-refractivity contribution in [1.29, 1.82) is 0 Å². The van der Waals surface area contributed by atoms with Gasteiger partial charge in [0.25, 0.3) is 0 Å². The summed E-state index contributed by atoms with van der Waals surface area (Å²) >= 11 is 1.89. The van der Waals surface area contributed by atoms with Crippen molar-refractivity contribution in [2.75, 3.05) is 0 Å². The van der Waals surface area contributed by atoms with Crippen molar-refractivity contribution in [3.63, 3.8) is 0 Å². The van der Waals surface area contributed by atoms with Crippen molar-refractivity contribution in [2.24, 2.45) is 0 Å². The normalized spacial score (nSPS) is 10.6. The van der Waals surface area contributed by atoms with Gasteiger partial charge in [0.15, 0.2) is 0 Å². The molecule has 1 heteroatoms. The minimum atomic E-state index is 0.973. The molecule has 25 heavy (non-hydrogen) atoms. The Balaban J connectivity index is 1.80. The second kappa shape index (κ2) is 7.42. The maximum absolute atomic E-state index is 2.27.